The van der Waals surface area contributed by atoms with E-state index >= 15 is 0 Å². The highest BCUT2D eigenvalue weighted by molar-refractivity contribution is 6.06. The SMILES string of the molecule is C=C(C)C(=O)OC(C)(C)c1ccc(F)cc1.C=C(C)C(=O)OC1C2CC3C1OC(=O)C3C2C(=O)OC(C)(C)c1ccc(F)cc1.C=Cc1ccc(C(=O)OC(C)(C)c2ccc(F)cc2)cc1.C=Cc1cccc2c(C(=O)OC(C)(C)c3ccc(F)cc3)cccc12. The number of benzene rings is 7. The predicted molar refractivity (Wildman–Crippen MR) is 339 cm³/mol. The van der Waals surface area contributed by atoms with E-state index in [0.717, 1.165) is 38.6 Å². The number of halogens is 4. The summed E-state index contributed by atoms with van der Waals surface area (Å²) in [5, 5.41) is 1.77. The fraction of sp³-hybridized carbons (Fsp3) is 0.280. The number of ether oxygens (including phenoxy) is 6. The summed E-state index contributed by atoms with van der Waals surface area (Å²) in [5.41, 5.74) is 2.78. The van der Waals surface area contributed by atoms with Gasteiger partial charge >= 0.3 is 35.8 Å². The van der Waals surface area contributed by atoms with Crippen molar-refractivity contribution in [1.29, 1.82) is 0 Å². The van der Waals surface area contributed by atoms with E-state index in [2.05, 4.69) is 26.3 Å². The molecule has 0 amide bonds. The van der Waals surface area contributed by atoms with Crippen molar-refractivity contribution in [2.24, 2.45) is 23.7 Å². The molecule has 10 rings (SSSR count). The Balaban J connectivity index is 0.000000176. The van der Waals surface area contributed by atoms with E-state index in [-0.39, 0.29) is 40.7 Å². The molecular weight excluding hydrogens is 1170 g/mol. The number of carbonyl (C=O) groups is 6. The lowest BCUT2D eigenvalue weighted by Gasteiger charge is -2.33. The summed E-state index contributed by atoms with van der Waals surface area (Å²) in [6.45, 7) is 31.7. The Morgan fingerprint density at radius 1 is 0.495 bits per heavy atom. The molecule has 2 saturated carbocycles. The van der Waals surface area contributed by atoms with Crippen molar-refractivity contribution in [3.63, 3.8) is 0 Å². The first-order valence-corrected chi connectivity index (χ1v) is 29.3. The van der Waals surface area contributed by atoms with Gasteiger partial charge in [0.25, 0.3) is 0 Å². The molecule has 0 aromatic heterocycles. The van der Waals surface area contributed by atoms with Gasteiger partial charge < -0.3 is 28.4 Å². The Morgan fingerprint density at radius 2 is 0.912 bits per heavy atom. The Kier molecular flexibility index (Phi) is 21.5. The van der Waals surface area contributed by atoms with Gasteiger partial charge in [-0.15, -0.1) is 0 Å². The lowest BCUT2D eigenvalue weighted by Crippen LogP contribution is -2.45. The molecule has 1 saturated heterocycles. The summed E-state index contributed by atoms with van der Waals surface area (Å²) >= 11 is 0. The monoisotopic (exact) mass is 1240 g/mol. The van der Waals surface area contributed by atoms with Gasteiger partial charge in [0.1, 0.15) is 57.9 Å². The molecule has 2 aliphatic carbocycles. The van der Waals surface area contributed by atoms with Crippen LogP contribution in [0.2, 0.25) is 0 Å². The van der Waals surface area contributed by atoms with Gasteiger partial charge in [-0.3, -0.25) is 9.59 Å². The van der Waals surface area contributed by atoms with Crippen LogP contribution >= 0.6 is 0 Å². The average molecular weight is 1240 g/mol. The maximum atomic E-state index is 13.2. The molecule has 6 unspecified atom stereocenters. The van der Waals surface area contributed by atoms with Gasteiger partial charge in [0, 0.05) is 23.0 Å². The van der Waals surface area contributed by atoms with Crippen LogP contribution in [0.15, 0.2) is 195 Å². The van der Waals surface area contributed by atoms with Gasteiger partial charge in [-0.05, 0) is 187 Å². The molecule has 474 valence electrons. The number of carbonyl (C=O) groups excluding carboxylic acids is 6. The average Bonchev–Trinajstić information content (AvgIpc) is 1.55. The number of hydrogen-bond donors (Lipinski definition) is 0. The molecule has 16 heteroatoms. The minimum absolute atomic E-state index is 0.165. The maximum absolute atomic E-state index is 13.2. The fourth-order valence-corrected chi connectivity index (χ4v) is 11.0. The summed E-state index contributed by atoms with van der Waals surface area (Å²) in [6, 6.07) is 41.7. The Bertz CT molecular complexity index is 3870. The first kappa shape index (κ1) is 68.8. The van der Waals surface area contributed by atoms with Crippen molar-refractivity contribution >= 4 is 58.7 Å². The van der Waals surface area contributed by atoms with Crippen LogP contribution in [0.3, 0.4) is 0 Å². The molecule has 7 aromatic carbocycles. The molecule has 2 bridgehead atoms. The summed E-state index contributed by atoms with van der Waals surface area (Å²) in [5.74, 6) is -6.01. The van der Waals surface area contributed by atoms with E-state index in [4.69, 9.17) is 28.4 Å². The molecule has 0 N–H and O–H groups in total. The summed E-state index contributed by atoms with van der Waals surface area (Å²) in [4.78, 5) is 74.0. The van der Waals surface area contributed by atoms with E-state index in [1.807, 2.05) is 30.3 Å². The van der Waals surface area contributed by atoms with Crippen LogP contribution in [-0.2, 0) is 70.0 Å². The molecule has 6 atom stereocenters. The van der Waals surface area contributed by atoms with Crippen molar-refractivity contribution in [2.75, 3.05) is 0 Å². The zero-order valence-electron chi connectivity index (χ0n) is 52.6. The minimum atomic E-state index is -1.02. The van der Waals surface area contributed by atoms with E-state index < -0.39 is 82.3 Å². The molecule has 3 fully saturated rings. The van der Waals surface area contributed by atoms with Crippen LogP contribution in [0.5, 0.6) is 0 Å². The van der Waals surface area contributed by atoms with E-state index in [0.29, 0.717) is 28.7 Å². The van der Waals surface area contributed by atoms with Crippen LogP contribution < -0.4 is 0 Å². The van der Waals surface area contributed by atoms with Gasteiger partial charge in [0.15, 0.2) is 0 Å². The van der Waals surface area contributed by atoms with Crippen molar-refractivity contribution in [3.05, 3.63) is 263 Å². The van der Waals surface area contributed by atoms with Crippen LogP contribution in [-0.4, -0.2) is 48.0 Å². The quantitative estimate of drug-likeness (QED) is 0.0391. The zero-order chi connectivity index (χ0) is 66.9. The van der Waals surface area contributed by atoms with Crippen LogP contribution in [0.1, 0.15) is 130 Å². The normalized spacial score (nSPS) is 17.8. The number of esters is 6. The van der Waals surface area contributed by atoms with E-state index in [1.54, 1.807) is 153 Å². The molecule has 12 nitrogen and oxygen atoms in total. The molecule has 3 aliphatic rings. The number of rotatable bonds is 16. The van der Waals surface area contributed by atoms with E-state index in [1.165, 1.54) is 55.5 Å². The highest BCUT2D eigenvalue weighted by Gasteiger charge is 2.70. The second kappa shape index (κ2) is 28.4. The van der Waals surface area contributed by atoms with Crippen LogP contribution in [0.4, 0.5) is 17.6 Å². The highest BCUT2D eigenvalue weighted by atomic mass is 19.1. The Hall–Kier alpha value is -9.70. The second-order valence-corrected chi connectivity index (χ2v) is 24.4. The highest BCUT2D eigenvalue weighted by Crippen LogP contribution is 2.59. The standard InChI is InChI=1S/C22H23FO6.C22H19FO2.C18H17FO2.C13H15FO2/c1-10(2)19(24)27-17-14-9-13-15(20(25)28-18(13)17)16(14)21(26)29-22(3,4)11-5-7-12(23)8-6-11;1-4-15-7-5-9-19-18(15)8-6-10-20(19)21(24)25-22(2,3)16-11-13-17(23)14-12-16;1-4-13-5-7-14(8-6-13)17(20)21-18(2,3)15-9-11-16(19)12-10-15;1-9(2)12(15)16-13(3,4)10-5-7-11(14)8-6-10/h5-8,13-18H,1,9H2,2-4H3;4-14H,1H2,2-3H3;4-12H,1H2,2-3H3;5-8H,1H2,2-4H3. The van der Waals surface area contributed by atoms with Gasteiger partial charge in [0.2, 0.25) is 0 Å². The molecular formula is C75H74F4O12. The summed E-state index contributed by atoms with van der Waals surface area (Å²) < 4.78 is 85.4. The van der Waals surface area contributed by atoms with Gasteiger partial charge in [0.05, 0.1) is 23.0 Å². The topological polar surface area (TPSA) is 158 Å². The first-order chi connectivity index (χ1) is 42.8. The van der Waals surface area contributed by atoms with Crippen LogP contribution in [0, 0.1) is 46.9 Å². The van der Waals surface area contributed by atoms with Crippen LogP contribution in [0.25, 0.3) is 22.9 Å². The molecule has 1 aliphatic heterocycles. The van der Waals surface area contributed by atoms with Gasteiger partial charge in [-0.2, -0.15) is 0 Å². The predicted octanol–water partition coefficient (Wildman–Crippen LogP) is 16.4. The summed E-state index contributed by atoms with van der Waals surface area (Å²) in [6.07, 6.45) is 2.83. The van der Waals surface area contributed by atoms with Gasteiger partial charge in [-0.25, -0.2) is 36.7 Å². The molecule has 91 heavy (non-hydrogen) atoms. The zero-order valence-corrected chi connectivity index (χ0v) is 52.6. The number of fused-ring (bicyclic) bond motifs is 2. The molecule has 7 aromatic rings. The lowest BCUT2D eigenvalue weighted by molar-refractivity contribution is -0.172. The maximum Gasteiger partial charge on any atom is 0.339 e. The van der Waals surface area contributed by atoms with Crippen molar-refractivity contribution in [2.45, 2.75) is 110 Å². The lowest BCUT2D eigenvalue weighted by atomic mass is 9.78. The molecule has 1 heterocycles. The smallest absolute Gasteiger partial charge is 0.339 e. The molecule has 0 radical (unpaired) electrons. The van der Waals surface area contributed by atoms with Crippen molar-refractivity contribution < 1.29 is 74.8 Å². The molecule has 0 spiro atoms. The largest absolute Gasteiger partial charge is 0.458 e. The Labute approximate surface area is 528 Å². The fourth-order valence-electron chi connectivity index (χ4n) is 11.0. The van der Waals surface area contributed by atoms with Crippen molar-refractivity contribution in [1.82, 2.24) is 0 Å². The van der Waals surface area contributed by atoms with E-state index in [9.17, 15) is 46.3 Å². The minimum Gasteiger partial charge on any atom is -0.458 e. The van der Waals surface area contributed by atoms with Gasteiger partial charge in [-0.1, -0.05) is 129 Å². The summed E-state index contributed by atoms with van der Waals surface area (Å²) in [7, 11) is 0. The number of hydrogen-bond acceptors (Lipinski definition) is 12. The second-order valence-electron chi connectivity index (χ2n) is 24.4. The van der Waals surface area contributed by atoms with Crippen molar-refractivity contribution in [3.8, 4) is 0 Å². The third-order valence-corrected chi connectivity index (χ3v) is 16.1. The first-order valence-electron chi connectivity index (χ1n) is 29.3. The third-order valence-electron chi connectivity index (χ3n) is 16.1. The Morgan fingerprint density at radius 3 is 1.35 bits per heavy atom. The third kappa shape index (κ3) is 16.6.